The standard InChI is InChI=1S/C19H28FN/c1-13(2)18-5-3-4-6-19(18)21-17-11-15(12-17)14-7-9-16(20)10-8-14/h7-10,13,15,17-19,21H,3-6,11-12H2,1-2H3. The van der Waals surface area contributed by atoms with Crippen LogP contribution in [0.2, 0.25) is 0 Å². The molecule has 2 aliphatic rings. The average Bonchev–Trinajstić information content (AvgIpc) is 2.44. The molecule has 2 saturated carbocycles. The quantitative estimate of drug-likeness (QED) is 0.833. The molecule has 0 saturated heterocycles. The third-order valence-corrected chi connectivity index (χ3v) is 5.60. The third-order valence-electron chi connectivity index (χ3n) is 5.60. The SMILES string of the molecule is CC(C)C1CCCCC1NC1CC(c2ccc(F)cc2)C1. The second kappa shape index (κ2) is 6.48. The Labute approximate surface area is 128 Å². The van der Waals surface area contributed by atoms with Crippen molar-refractivity contribution in [1.82, 2.24) is 5.32 Å². The van der Waals surface area contributed by atoms with Crippen molar-refractivity contribution < 1.29 is 4.39 Å². The number of hydrogen-bond acceptors (Lipinski definition) is 1. The van der Waals surface area contributed by atoms with Crippen LogP contribution < -0.4 is 5.32 Å². The van der Waals surface area contributed by atoms with Gasteiger partial charge in [0.1, 0.15) is 5.82 Å². The molecular formula is C19H28FN. The Morgan fingerprint density at radius 3 is 2.38 bits per heavy atom. The molecule has 0 heterocycles. The Balaban J connectivity index is 1.51. The van der Waals surface area contributed by atoms with Gasteiger partial charge in [-0.25, -0.2) is 4.39 Å². The first-order valence-electron chi connectivity index (χ1n) is 8.65. The molecule has 1 aromatic carbocycles. The molecule has 2 atom stereocenters. The Morgan fingerprint density at radius 2 is 1.71 bits per heavy atom. The highest BCUT2D eigenvalue weighted by molar-refractivity contribution is 5.23. The van der Waals surface area contributed by atoms with Gasteiger partial charge >= 0.3 is 0 Å². The van der Waals surface area contributed by atoms with E-state index in [0.29, 0.717) is 12.0 Å². The maximum absolute atomic E-state index is 13.0. The van der Waals surface area contributed by atoms with Crippen LogP contribution >= 0.6 is 0 Å². The first-order chi connectivity index (χ1) is 10.1. The first kappa shape index (κ1) is 15.0. The summed E-state index contributed by atoms with van der Waals surface area (Å²) in [4.78, 5) is 0. The molecule has 1 nitrogen and oxygen atoms in total. The summed E-state index contributed by atoms with van der Waals surface area (Å²) in [5, 5.41) is 3.92. The van der Waals surface area contributed by atoms with E-state index in [-0.39, 0.29) is 5.82 Å². The highest BCUT2D eigenvalue weighted by Gasteiger charge is 2.35. The van der Waals surface area contributed by atoms with E-state index in [1.807, 2.05) is 12.1 Å². The fraction of sp³-hybridized carbons (Fsp3) is 0.684. The molecule has 0 amide bonds. The Hall–Kier alpha value is -0.890. The Kier molecular flexibility index (Phi) is 4.63. The number of hydrogen-bond donors (Lipinski definition) is 1. The summed E-state index contributed by atoms with van der Waals surface area (Å²) in [6, 6.07) is 8.47. The van der Waals surface area contributed by atoms with E-state index in [1.54, 1.807) is 12.1 Å². The molecule has 3 rings (SSSR count). The zero-order valence-corrected chi connectivity index (χ0v) is 13.3. The fourth-order valence-electron chi connectivity index (χ4n) is 4.23. The van der Waals surface area contributed by atoms with Gasteiger partial charge in [0.15, 0.2) is 0 Å². The van der Waals surface area contributed by atoms with Gasteiger partial charge in [-0.3, -0.25) is 0 Å². The largest absolute Gasteiger partial charge is 0.311 e. The van der Waals surface area contributed by atoms with Gasteiger partial charge in [-0.05, 0) is 61.1 Å². The summed E-state index contributed by atoms with van der Waals surface area (Å²) in [7, 11) is 0. The summed E-state index contributed by atoms with van der Waals surface area (Å²) >= 11 is 0. The molecule has 2 unspecified atom stereocenters. The molecule has 2 aliphatic carbocycles. The van der Waals surface area contributed by atoms with Crippen LogP contribution in [0.4, 0.5) is 4.39 Å². The van der Waals surface area contributed by atoms with Crippen molar-refractivity contribution in [2.45, 2.75) is 70.4 Å². The summed E-state index contributed by atoms with van der Waals surface area (Å²) in [6.45, 7) is 4.74. The van der Waals surface area contributed by atoms with E-state index in [0.717, 1.165) is 17.9 Å². The second-order valence-corrected chi connectivity index (χ2v) is 7.38. The van der Waals surface area contributed by atoms with Crippen LogP contribution in [0, 0.1) is 17.7 Å². The van der Waals surface area contributed by atoms with Gasteiger partial charge in [0.05, 0.1) is 0 Å². The van der Waals surface area contributed by atoms with Crippen molar-refractivity contribution in [2.75, 3.05) is 0 Å². The number of nitrogens with one attached hydrogen (secondary N) is 1. The van der Waals surface area contributed by atoms with Crippen LogP contribution in [-0.4, -0.2) is 12.1 Å². The van der Waals surface area contributed by atoms with Crippen molar-refractivity contribution in [1.29, 1.82) is 0 Å². The molecule has 0 aliphatic heterocycles. The lowest BCUT2D eigenvalue weighted by Gasteiger charge is -2.43. The lowest BCUT2D eigenvalue weighted by atomic mass is 9.73. The van der Waals surface area contributed by atoms with Crippen LogP contribution in [0.3, 0.4) is 0 Å². The summed E-state index contributed by atoms with van der Waals surface area (Å²) in [5.41, 5.74) is 1.30. The third kappa shape index (κ3) is 3.48. The highest BCUT2D eigenvalue weighted by Crippen LogP contribution is 2.39. The van der Waals surface area contributed by atoms with Crippen LogP contribution in [0.5, 0.6) is 0 Å². The van der Waals surface area contributed by atoms with Crippen molar-refractivity contribution >= 4 is 0 Å². The maximum Gasteiger partial charge on any atom is 0.123 e. The van der Waals surface area contributed by atoms with Gasteiger partial charge in [0.2, 0.25) is 0 Å². The smallest absolute Gasteiger partial charge is 0.123 e. The van der Waals surface area contributed by atoms with Crippen LogP contribution in [0.25, 0.3) is 0 Å². The van der Waals surface area contributed by atoms with Crippen molar-refractivity contribution in [2.24, 2.45) is 11.8 Å². The maximum atomic E-state index is 13.0. The normalized spacial score (nSPS) is 33.0. The molecule has 2 fully saturated rings. The number of halogens is 1. The number of benzene rings is 1. The van der Waals surface area contributed by atoms with E-state index >= 15 is 0 Å². The van der Waals surface area contributed by atoms with E-state index in [2.05, 4.69) is 19.2 Å². The molecule has 0 aromatic heterocycles. The molecule has 0 radical (unpaired) electrons. The minimum Gasteiger partial charge on any atom is -0.311 e. The van der Waals surface area contributed by atoms with E-state index < -0.39 is 0 Å². The van der Waals surface area contributed by atoms with Gasteiger partial charge in [-0.15, -0.1) is 0 Å². The molecule has 0 spiro atoms. The molecule has 2 heteroatoms. The minimum absolute atomic E-state index is 0.130. The van der Waals surface area contributed by atoms with Gasteiger partial charge in [0, 0.05) is 12.1 Å². The molecule has 116 valence electrons. The fourth-order valence-corrected chi connectivity index (χ4v) is 4.23. The van der Waals surface area contributed by atoms with Gasteiger partial charge < -0.3 is 5.32 Å². The Bertz CT molecular complexity index is 447. The average molecular weight is 289 g/mol. The van der Waals surface area contributed by atoms with E-state index in [1.165, 1.54) is 44.1 Å². The Morgan fingerprint density at radius 1 is 1.05 bits per heavy atom. The van der Waals surface area contributed by atoms with Crippen LogP contribution in [0.1, 0.15) is 63.9 Å². The summed E-state index contributed by atoms with van der Waals surface area (Å²) < 4.78 is 13.0. The van der Waals surface area contributed by atoms with E-state index in [9.17, 15) is 4.39 Å². The van der Waals surface area contributed by atoms with Crippen molar-refractivity contribution in [3.05, 3.63) is 35.6 Å². The molecule has 0 bridgehead atoms. The zero-order chi connectivity index (χ0) is 14.8. The molecular weight excluding hydrogens is 261 g/mol. The summed E-state index contributed by atoms with van der Waals surface area (Å²) in [6.07, 6.45) is 7.96. The van der Waals surface area contributed by atoms with Crippen LogP contribution in [-0.2, 0) is 0 Å². The lowest BCUT2D eigenvalue weighted by molar-refractivity contribution is 0.160. The van der Waals surface area contributed by atoms with Gasteiger partial charge in [0.25, 0.3) is 0 Å². The topological polar surface area (TPSA) is 12.0 Å². The molecule has 1 N–H and O–H groups in total. The summed E-state index contributed by atoms with van der Waals surface area (Å²) in [5.74, 6) is 2.14. The van der Waals surface area contributed by atoms with Crippen molar-refractivity contribution in [3.63, 3.8) is 0 Å². The predicted octanol–water partition coefficient (Wildman–Crippen LogP) is 4.88. The molecule has 1 aromatic rings. The molecule has 21 heavy (non-hydrogen) atoms. The van der Waals surface area contributed by atoms with Crippen molar-refractivity contribution in [3.8, 4) is 0 Å². The number of rotatable bonds is 4. The highest BCUT2D eigenvalue weighted by atomic mass is 19.1. The predicted molar refractivity (Wildman–Crippen MR) is 85.9 cm³/mol. The first-order valence-corrected chi connectivity index (χ1v) is 8.65. The minimum atomic E-state index is -0.130. The van der Waals surface area contributed by atoms with Gasteiger partial charge in [-0.1, -0.05) is 38.8 Å². The zero-order valence-electron chi connectivity index (χ0n) is 13.3. The van der Waals surface area contributed by atoms with Crippen LogP contribution in [0.15, 0.2) is 24.3 Å². The second-order valence-electron chi connectivity index (χ2n) is 7.38. The van der Waals surface area contributed by atoms with E-state index in [4.69, 9.17) is 0 Å². The lowest BCUT2D eigenvalue weighted by Crippen LogP contribution is -2.50. The van der Waals surface area contributed by atoms with Gasteiger partial charge in [-0.2, -0.15) is 0 Å². The monoisotopic (exact) mass is 289 g/mol.